The second-order valence-electron chi connectivity index (χ2n) is 7.64. The van der Waals surface area contributed by atoms with E-state index in [2.05, 4.69) is 52.0 Å². The minimum absolute atomic E-state index is 0.141. The van der Waals surface area contributed by atoms with Crippen molar-refractivity contribution in [2.24, 2.45) is 0 Å². The molecule has 4 nitrogen and oxygen atoms in total. The Morgan fingerprint density at radius 1 is 0.643 bits per heavy atom. The highest BCUT2D eigenvalue weighted by atomic mass is 16.7. The molecule has 0 aliphatic carbocycles. The second-order valence-corrected chi connectivity index (χ2v) is 7.64. The second kappa shape index (κ2) is 8.76. The molecule has 152 valence electrons. The first kappa shape index (κ1) is 20.4. The van der Waals surface area contributed by atoms with Crippen molar-refractivity contribution in [3.63, 3.8) is 0 Å². The summed E-state index contributed by atoms with van der Waals surface area (Å²) in [6, 6.07) is 12.4. The summed E-state index contributed by atoms with van der Waals surface area (Å²) in [5.41, 5.74) is 2.65. The predicted octanol–water partition coefficient (Wildman–Crippen LogP) is 6.63. The molecule has 2 heterocycles. The molecule has 0 radical (unpaired) electrons. The minimum atomic E-state index is -0.141. The summed E-state index contributed by atoms with van der Waals surface area (Å²) in [6.45, 7) is 12.6. The molecule has 0 amide bonds. The largest absolute Gasteiger partial charge is 0.451 e. The Morgan fingerprint density at radius 3 is 1.36 bits per heavy atom. The number of hydrogen-bond acceptors (Lipinski definition) is 4. The summed E-state index contributed by atoms with van der Waals surface area (Å²) in [4.78, 5) is 0. The van der Waals surface area contributed by atoms with E-state index in [0.717, 1.165) is 35.8 Å². The van der Waals surface area contributed by atoms with Crippen molar-refractivity contribution < 1.29 is 18.9 Å². The van der Waals surface area contributed by atoms with Gasteiger partial charge in [0, 0.05) is 13.8 Å². The summed E-state index contributed by atoms with van der Waals surface area (Å²) in [6.07, 6.45) is 2.01. The SMILES string of the molecule is CCC(C)c1ccc2c(c1)OC(C)O2.CCC(C)c1ccc2c(c1)OC(C)O2. The van der Waals surface area contributed by atoms with Crippen LogP contribution in [0.2, 0.25) is 0 Å². The van der Waals surface area contributed by atoms with Crippen molar-refractivity contribution in [1.82, 2.24) is 0 Å². The zero-order valence-electron chi connectivity index (χ0n) is 17.8. The first-order valence-electron chi connectivity index (χ1n) is 10.4. The monoisotopic (exact) mass is 384 g/mol. The number of ether oxygens (including phenoxy) is 4. The first-order chi connectivity index (χ1) is 13.4. The highest BCUT2D eigenvalue weighted by molar-refractivity contribution is 5.46. The Bertz CT molecular complexity index is 734. The van der Waals surface area contributed by atoms with Gasteiger partial charge in [0.25, 0.3) is 0 Å². The van der Waals surface area contributed by atoms with Crippen molar-refractivity contribution in [1.29, 1.82) is 0 Å². The van der Waals surface area contributed by atoms with Crippen LogP contribution in [-0.4, -0.2) is 12.6 Å². The van der Waals surface area contributed by atoms with E-state index in [1.165, 1.54) is 11.1 Å². The summed E-state index contributed by atoms with van der Waals surface area (Å²) < 4.78 is 21.9. The molecule has 4 unspecified atom stereocenters. The van der Waals surface area contributed by atoms with Gasteiger partial charge in [-0.2, -0.15) is 0 Å². The van der Waals surface area contributed by atoms with Gasteiger partial charge in [-0.25, -0.2) is 0 Å². The van der Waals surface area contributed by atoms with Crippen LogP contribution in [0.4, 0.5) is 0 Å². The Hall–Kier alpha value is -2.36. The maximum atomic E-state index is 5.52. The molecule has 4 heteroatoms. The van der Waals surface area contributed by atoms with E-state index in [4.69, 9.17) is 18.9 Å². The Balaban J connectivity index is 0.000000161. The van der Waals surface area contributed by atoms with Crippen LogP contribution in [0.3, 0.4) is 0 Å². The van der Waals surface area contributed by atoms with Crippen LogP contribution >= 0.6 is 0 Å². The number of rotatable bonds is 4. The van der Waals surface area contributed by atoms with Gasteiger partial charge in [-0.15, -0.1) is 0 Å². The Morgan fingerprint density at radius 2 is 1.00 bits per heavy atom. The standard InChI is InChI=1S/2C12H16O2/c2*1-4-8(2)10-5-6-11-12(7-10)14-9(3)13-11/h2*5-9H,4H2,1-3H3. The molecule has 0 aromatic heterocycles. The van der Waals surface area contributed by atoms with E-state index in [1.807, 2.05) is 26.0 Å². The van der Waals surface area contributed by atoms with Crippen LogP contribution in [0, 0.1) is 0 Å². The predicted molar refractivity (Wildman–Crippen MR) is 112 cm³/mol. The van der Waals surface area contributed by atoms with E-state index < -0.39 is 0 Å². The lowest BCUT2D eigenvalue weighted by molar-refractivity contribution is 0.0674. The molecule has 0 saturated heterocycles. The molecule has 0 spiro atoms. The molecule has 2 aromatic rings. The molecule has 0 saturated carbocycles. The van der Waals surface area contributed by atoms with Gasteiger partial charge in [-0.1, -0.05) is 39.8 Å². The van der Waals surface area contributed by atoms with Crippen LogP contribution in [0.5, 0.6) is 23.0 Å². The Kier molecular flexibility index (Phi) is 6.38. The van der Waals surface area contributed by atoms with Crippen molar-refractivity contribution in [3.05, 3.63) is 47.5 Å². The van der Waals surface area contributed by atoms with Gasteiger partial charge in [-0.3, -0.25) is 0 Å². The van der Waals surface area contributed by atoms with E-state index in [1.54, 1.807) is 0 Å². The third kappa shape index (κ3) is 4.54. The van der Waals surface area contributed by atoms with E-state index in [0.29, 0.717) is 11.8 Å². The summed E-state index contributed by atoms with van der Waals surface area (Å²) in [7, 11) is 0. The fourth-order valence-electron chi connectivity index (χ4n) is 3.28. The Labute approximate surface area is 168 Å². The maximum Gasteiger partial charge on any atom is 0.238 e. The number of benzene rings is 2. The minimum Gasteiger partial charge on any atom is -0.451 e. The van der Waals surface area contributed by atoms with Gasteiger partial charge in [0.1, 0.15) is 0 Å². The number of fused-ring (bicyclic) bond motifs is 2. The molecular formula is C24H32O4. The molecule has 0 fully saturated rings. The molecule has 28 heavy (non-hydrogen) atoms. The van der Waals surface area contributed by atoms with Crippen LogP contribution < -0.4 is 18.9 Å². The van der Waals surface area contributed by atoms with Crippen LogP contribution in [-0.2, 0) is 0 Å². The molecule has 2 aliphatic rings. The molecule has 0 bridgehead atoms. The van der Waals surface area contributed by atoms with Gasteiger partial charge in [0.2, 0.25) is 12.6 Å². The number of hydrogen-bond donors (Lipinski definition) is 0. The maximum absolute atomic E-state index is 5.52. The van der Waals surface area contributed by atoms with Gasteiger partial charge in [0.15, 0.2) is 23.0 Å². The van der Waals surface area contributed by atoms with Crippen LogP contribution in [0.25, 0.3) is 0 Å². The molecule has 2 aliphatic heterocycles. The van der Waals surface area contributed by atoms with Crippen LogP contribution in [0.15, 0.2) is 36.4 Å². The zero-order chi connectivity index (χ0) is 20.3. The van der Waals surface area contributed by atoms with Gasteiger partial charge in [0.05, 0.1) is 0 Å². The van der Waals surface area contributed by atoms with E-state index in [9.17, 15) is 0 Å². The third-order valence-electron chi connectivity index (χ3n) is 5.47. The summed E-state index contributed by atoms with van der Waals surface area (Å²) in [5, 5.41) is 0. The lowest BCUT2D eigenvalue weighted by Crippen LogP contribution is -2.11. The van der Waals surface area contributed by atoms with E-state index in [-0.39, 0.29) is 12.6 Å². The molecule has 0 N–H and O–H groups in total. The van der Waals surface area contributed by atoms with Gasteiger partial charge >= 0.3 is 0 Å². The fraction of sp³-hybridized carbons (Fsp3) is 0.500. The van der Waals surface area contributed by atoms with Gasteiger partial charge in [-0.05, 0) is 60.1 Å². The normalized spacial score (nSPS) is 20.9. The summed E-state index contributed by atoms with van der Waals surface area (Å²) >= 11 is 0. The third-order valence-corrected chi connectivity index (χ3v) is 5.47. The fourth-order valence-corrected chi connectivity index (χ4v) is 3.28. The van der Waals surface area contributed by atoms with Crippen LogP contribution in [0.1, 0.15) is 77.3 Å². The highest BCUT2D eigenvalue weighted by Crippen LogP contribution is 2.38. The van der Waals surface area contributed by atoms with Crippen molar-refractivity contribution in [2.75, 3.05) is 0 Å². The van der Waals surface area contributed by atoms with Gasteiger partial charge < -0.3 is 18.9 Å². The van der Waals surface area contributed by atoms with Crippen molar-refractivity contribution >= 4 is 0 Å². The smallest absolute Gasteiger partial charge is 0.238 e. The summed E-state index contributed by atoms with van der Waals surface area (Å²) in [5.74, 6) is 4.67. The highest BCUT2D eigenvalue weighted by Gasteiger charge is 2.21. The average Bonchev–Trinajstić information content (AvgIpc) is 3.25. The lowest BCUT2D eigenvalue weighted by atomic mass is 9.98. The van der Waals surface area contributed by atoms with Crippen molar-refractivity contribution in [3.8, 4) is 23.0 Å². The lowest BCUT2D eigenvalue weighted by Gasteiger charge is -2.08. The zero-order valence-corrected chi connectivity index (χ0v) is 17.8. The van der Waals surface area contributed by atoms with Crippen molar-refractivity contribution in [2.45, 2.75) is 78.8 Å². The first-order valence-corrected chi connectivity index (χ1v) is 10.4. The quantitative estimate of drug-likeness (QED) is 0.592. The van der Waals surface area contributed by atoms with E-state index >= 15 is 0 Å². The topological polar surface area (TPSA) is 36.9 Å². The molecule has 2 aromatic carbocycles. The average molecular weight is 385 g/mol. The molecule has 4 atom stereocenters. The molecule has 4 rings (SSSR count). The molecular weight excluding hydrogens is 352 g/mol.